The van der Waals surface area contributed by atoms with E-state index in [2.05, 4.69) is 22.7 Å². The quantitative estimate of drug-likeness (QED) is 0.911. The molecular weight excluding hydrogens is 288 g/mol. The van der Waals surface area contributed by atoms with Gasteiger partial charge in [0, 0.05) is 18.3 Å². The topological polar surface area (TPSA) is 59.0 Å². The van der Waals surface area contributed by atoms with Crippen LogP contribution >= 0.6 is 0 Å². The second-order valence-corrected chi connectivity index (χ2v) is 6.75. The first-order valence-electron chi connectivity index (χ1n) is 8.16. The van der Waals surface area contributed by atoms with E-state index in [1.807, 2.05) is 48.3 Å². The summed E-state index contributed by atoms with van der Waals surface area (Å²) in [5.74, 6) is -0.00652. The summed E-state index contributed by atoms with van der Waals surface area (Å²) in [5.41, 5.74) is 2.96. The molecule has 2 aromatic rings. The summed E-state index contributed by atoms with van der Waals surface area (Å²) in [6.07, 6.45) is 5.99. The van der Waals surface area contributed by atoms with Gasteiger partial charge in [-0.3, -0.25) is 4.79 Å². The molecule has 1 aliphatic rings. The molecule has 0 spiro atoms. The molecule has 0 aliphatic carbocycles. The fourth-order valence-corrected chi connectivity index (χ4v) is 2.92. The normalized spacial score (nSPS) is 17.0. The number of nitrogens with zero attached hydrogens (tertiary/aromatic N) is 2. The predicted molar refractivity (Wildman–Crippen MR) is 90.8 cm³/mol. The van der Waals surface area contributed by atoms with Crippen molar-refractivity contribution in [1.82, 2.24) is 20.4 Å². The summed E-state index contributed by atoms with van der Waals surface area (Å²) >= 11 is 0. The van der Waals surface area contributed by atoms with E-state index in [4.69, 9.17) is 0 Å². The minimum atomic E-state index is -0.00652. The minimum absolute atomic E-state index is 0.00652. The molecule has 1 aromatic heterocycles. The van der Waals surface area contributed by atoms with Crippen molar-refractivity contribution >= 4 is 5.91 Å². The highest BCUT2D eigenvalue weighted by Crippen LogP contribution is 2.26. The zero-order valence-electron chi connectivity index (χ0n) is 13.8. The lowest BCUT2D eigenvalue weighted by Crippen LogP contribution is -2.42. The molecule has 1 saturated heterocycles. The van der Waals surface area contributed by atoms with E-state index in [-0.39, 0.29) is 11.3 Å². The molecule has 0 radical (unpaired) electrons. The highest BCUT2D eigenvalue weighted by Gasteiger charge is 2.27. The van der Waals surface area contributed by atoms with E-state index < -0.39 is 0 Å². The predicted octanol–water partition coefficient (Wildman–Crippen LogP) is 2.30. The molecule has 1 amide bonds. The zero-order valence-corrected chi connectivity index (χ0v) is 13.8. The van der Waals surface area contributed by atoms with E-state index >= 15 is 0 Å². The van der Waals surface area contributed by atoms with Crippen molar-refractivity contribution in [2.75, 3.05) is 19.6 Å². The van der Waals surface area contributed by atoms with Crippen molar-refractivity contribution in [3.05, 3.63) is 47.8 Å². The van der Waals surface area contributed by atoms with Gasteiger partial charge in [-0.25, -0.2) is 4.68 Å². The standard InChI is InChI=1S/C18H24N4O/c1-14-11-21-22(12-14)16-5-3-15(4-6-16)17(23)20-13-18(2)7-9-19-10-8-18/h3-6,11-12,19H,7-10,13H2,1-2H3,(H,20,23). The summed E-state index contributed by atoms with van der Waals surface area (Å²) < 4.78 is 1.81. The van der Waals surface area contributed by atoms with Crippen LogP contribution in [0.1, 0.15) is 35.7 Å². The van der Waals surface area contributed by atoms with Crippen LogP contribution in [0.2, 0.25) is 0 Å². The van der Waals surface area contributed by atoms with E-state index in [9.17, 15) is 4.79 Å². The van der Waals surface area contributed by atoms with Gasteiger partial charge in [0.15, 0.2) is 0 Å². The lowest BCUT2D eigenvalue weighted by molar-refractivity contribution is 0.0922. The number of carbonyl (C=O) groups excluding carboxylic acids is 1. The number of amides is 1. The van der Waals surface area contributed by atoms with Crippen LogP contribution < -0.4 is 10.6 Å². The van der Waals surface area contributed by atoms with E-state index in [0.29, 0.717) is 5.56 Å². The third-order valence-electron chi connectivity index (χ3n) is 4.59. The zero-order chi connectivity index (χ0) is 16.3. The van der Waals surface area contributed by atoms with Crippen molar-refractivity contribution in [3.63, 3.8) is 0 Å². The molecule has 1 fully saturated rings. The Balaban J connectivity index is 1.61. The van der Waals surface area contributed by atoms with Crippen LogP contribution in [0.4, 0.5) is 0 Å². The first-order chi connectivity index (χ1) is 11.1. The smallest absolute Gasteiger partial charge is 0.251 e. The molecule has 0 saturated carbocycles. The molecule has 5 nitrogen and oxygen atoms in total. The summed E-state index contributed by atoms with van der Waals surface area (Å²) in [7, 11) is 0. The largest absolute Gasteiger partial charge is 0.351 e. The van der Waals surface area contributed by atoms with Gasteiger partial charge in [-0.15, -0.1) is 0 Å². The molecule has 2 N–H and O–H groups in total. The number of carbonyl (C=O) groups is 1. The number of rotatable bonds is 4. The highest BCUT2D eigenvalue weighted by molar-refractivity contribution is 5.94. The maximum atomic E-state index is 12.3. The fraction of sp³-hybridized carbons (Fsp3) is 0.444. The summed E-state index contributed by atoms with van der Waals surface area (Å²) in [6.45, 7) is 7.05. The van der Waals surface area contributed by atoms with E-state index in [1.165, 1.54) is 0 Å². The van der Waals surface area contributed by atoms with Crippen LogP contribution in [0, 0.1) is 12.3 Å². The molecule has 3 rings (SSSR count). The Bertz CT molecular complexity index is 669. The second kappa shape index (κ2) is 6.54. The van der Waals surface area contributed by atoms with Crippen LogP contribution in [0.15, 0.2) is 36.7 Å². The van der Waals surface area contributed by atoms with Crippen LogP contribution in [0.5, 0.6) is 0 Å². The van der Waals surface area contributed by atoms with Gasteiger partial charge in [0.1, 0.15) is 0 Å². The van der Waals surface area contributed by atoms with Gasteiger partial charge >= 0.3 is 0 Å². The van der Waals surface area contributed by atoms with Crippen LogP contribution in [0.3, 0.4) is 0 Å². The van der Waals surface area contributed by atoms with Crippen molar-refractivity contribution in [1.29, 1.82) is 0 Å². The monoisotopic (exact) mass is 312 g/mol. The molecule has 1 aromatic carbocycles. The van der Waals surface area contributed by atoms with Crippen molar-refractivity contribution < 1.29 is 4.79 Å². The average molecular weight is 312 g/mol. The second-order valence-electron chi connectivity index (χ2n) is 6.75. The van der Waals surface area contributed by atoms with E-state index in [0.717, 1.165) is 43.7 Å². The van der Waals surface area contributed by atoms with Gasteiger partial charge in [0.05, 0.1) is 11.9 Å². The maximum absolute atomic E-state index is 12.3. The summed E-state index contributed by atoms with van der Waals surface area (Å²) in [5, 5.41) is 10.7. The van der Waals surface area contributed by atoms with Crippen molar-refractivity contribution in [3.8, 4) is 5.69 Å². The van der Waals surface area contributed by atoms with Gasteiger partial charge in [-0.05, 0) is 68.1 Å². The van der Waals surface area contributed by atoms with Gasteiger partial charge in [-0.1, -0.05) is 6.92 Å². The Morgan fingerprint density at radius 3 is 2.61 bits per heavy atom. The van der Waals surface area contributed by atoms with Gasteiger partial charge in [0.2, 0.25) is 0 Å². The highest BCUT2D eigenvalue weighted by atomic mass is 16.1. The number of hydrogen-bond acceptors (Lipinski definition) is 3. The minimum Gasteiger partial charge on any atom is -0.351 e. The molecular formula is C18H24N4O. The third kappa shape index (κ3) is 3.79. The maximum Gasteiger partial charge on any atom is 0.251 e. The molecule has 5 heteroatoms. The SMILES string of the molecule is Cc1cnn(-c2ccc(C(=O)NCC3(C)CCNCC3)cc2)c1. The molecule has 2 heterocycles. The number of aryl methyl sites for hydroxylation is 1. The number of benzene rings is 1. The van der Waals surface area contributed by atoms with Crippen LogP contribution in [-0.4, -0.2) is 35.3 Å². The van der Waals surface area contributed by atoms with Crippen molar-refractivity contribution in [2.24, 2.45) is 5.41 Å². The Labute approximate surface area is 137 Å². The molecule has 0 bridgehead atoms. The van der Waals surface area contributed by atoms with Gasteiger partial charge in [0.25, 0.3) is 5.91 Å². The van der Waals surface area contributed by atoms with Crippen LogP contribution in [0.25, 0.3) is 5.69 Å². The lowest BCUT2D eigenvalue weighted by Gasteiger charge is -2.34. The number of aromatic nitrogens is 2. The Morgan fingerprint density at radius 2 is 2.00 bits per heavy atom. The molecule has 1 aliphatic heterocycles. The number of piperidine rings is 1. The first kappa shape index (κ1) is 15.7. The van der Waals surface area contributed by atoms with Crippen LogP contribution in [-0.2, 0) is 0 Å². The van der Waals surface area contributed by atoms with Gasteiger partial charge in [-0.2, -0.15) is 5.10 Å². The summed E-state index contributed by atoms with van der Waals surface area (Å²) in [4.78, 5) is 12.3. The van der Waals surface area contributed by atoms with Crippen molar-refractivity contribution in [2.45, 2.75) is 26.7 Å². The third-order valence-corrected chi connectivity index (χ3v) is 4.59. The Kier molecular flexibility index (Phi) is 4.48. The molecule has 0 atom stereocenters. The van der Waals surface area contributed by atoms with Gasteiger partial charge < -0.3 is 10.6 Å². The molecule has 0 unspecified atom stereocenters. The summed E-state index contributed by atoms with van der Waals surface area (Å²) in [6, 6.07) is 7.56. The lowest BCUT2D eigenvalue weighted by atomic mass is 9.81. The first-order valence-corrected chi connectivity index (χ1v) is 8.16. The Morgan fingerprint density at radius 1 is 1.30 bits per heavy atom. The fourth-order valence-electron chi connectivity index (χ4n) is 2.92. The molecule has 122 valence electrons. The Hall–Kier alpha value is -2.14. The number of hydrogen-bond donors (Lipinski definition) is 2. The number of nitrogens with one attached hydrogen (secondary N) is 2. The average Bonchev–Trinajstić information content (AvgIpc) is 3.00. The molecule has 23 heavy (non-hydrogen) atoms. The van der Waals surface area contributed by atoms with E-state index in [1.54, 1.807) is 0 Å².